The van der Waals surface area contributed by atoms with Gasteiger partial charge < -0.3 is 67.8 Å². The minimum Gasteiger partial charge on any atom is -0.329 e. The summed E-state index contributed by atoms with van der Waals surface area (Å²) >= 11 is 0. The van der Waals surface area contributed by atoms with Crippen LogP contribution < -0.4 is 28.7 Å². The van der Waals surface area contributed by atoms with Crippen molar-refractivity contribution in [3.8, 4) is 0 Å². The van der Waals surface area contributed by atoms with Crippen molar-refractivity contribution >= 4 is 30.4 Å². The van der Waals surface area contributed by atoms with Crippen LogP contribution in [0.2, 0.25) is 0 Å². The molecule has 0 aliphatic heterocycles. The first-order valence-corrected chi connectivity index (χ1v) is 16.5. The Kier molecular flexibility index (Phi) is 26.6. The number of hydrogen-bond donors (Lipinski definition) is 13. The first-order chi connectivity index (χ1) is 14.7. The molecule has 17 nitrogen and oxygen atoms in total. The Morgan fingerprint density at radius 2 is 0.788 bits per heavy atom. The smallest absolute Gasteiger partial charge is 0.329 e. The monoisotopic (exact) mass is 571 g/mol. The minimum atomic E-state index is -4.41. The highest BCUT2D eigenvalue weighted by Gasteiger charge is 2.27. The van der Waals surface area contributed by atoms with Crippen molar-refractivity contribution in [2.75, 3.05) is 44.7 Å². The van der Waals surface area contributed by atoms with Gasteiger partial charge in [-0.05, 0) is 19.3 Å². The lowest BCUT2D eigenvalue weighted by atomic mass is 10.3. The second-order valence-electron chi connectivity index (χ2n) is 6.33. The molecule has 0 rings (SSSR count). The van der Waals surface area contributed by atoms with Crippen molar-refractivity contribution < 1.29 is 57.4 Å². The molecule has 0 aliphatic rings. The molecule has 0 aromatic rings. The van der Waals surface area contributed by atoms with Gasteiger partial charge in [0.05, 0.1) is 6.16 Å². The highest BCUT2D eigenvalue weighted by atomic mass is 31.2. The zero-order chi connectivity index (χ0) is 27.4. The van der Waals surface area contributed by atoms with Gasteiger partial charge in [0.15, 0.2) is 0 Å². The third kappa shape index (κ3) is 50.3. The van der Waals surface area contributed by atoms with Crippen LogP contribution in [0.3, 0.4) is 0 Å². The van der Waals surface area contributed by atoms with E-state index in [4.69, 9.17) is 67.8 Å². The van der Waals surface area contributed by atoms with Gasteiger partial charge in [-0.3, -0.25) is 18.3 Å². The molecule has 33 heavy (non-hydrogen) atoms. The van der Waals surface area contributed by atoms with E-state index >= 15 is 0 Å². The molecule has 21 heteroatoms. The lowest BCUT2D eigenvalue weighted by molar-refractivity contribution is 0.351. The number of nitrogens with two attached hydrogens (primary N) is 5. The molecule has 0 radical (unpaired) electrons. The summed E-state index contributed by atoms with van der Waals surface area (Å²) in [7, 11) is -16.5. The summed E-state index contributed by atoms with van der Waals surface area (Å²) in [5, 5.41) is 0. The minimum absolute atomic E-state index is 0.214. The summed E-state index contributed by atoms with van der Waals surface area (Å²) in [6, 6.07) is 0. The summed E-state index contributed by atoms with van der Waals surface area (Å²) in [5.74, 6) is -1.50. The Bertz CT molecular complexity index is 602. The molecule has 18 N–H and O–H groups in total. The Labute approximate surface area is 193 Å². The molecule has 0 aromatic carbocycles. The SMILES string of the molecule is NC(CCP(=O)(O)O)P(=O)(O)O.NCCN.NCCN.O=P(O)(O)CCCCCP(=O)(O)O. The zero-order valence-corrected chi connectivity index (χ0v) is 21.8. The van der Waals surface area contributed by atoms with Crippen molar-refractivity contribution in [1.82, 2.24) is 0 Å². The van der Waals surface area contributed by atoms with Gasteiger partial charge in [-0.2, -0.15) is 0 Å². The van der Waals surface area contributed by atoms with Gasteiger partial charge in [0.1, 0.15) is 5.78 Å². The predicted octanol–water partition coefficient (Wildman–Crippen LogP) is -2.66. The molecule has 0 aromatic heterocycles. The van der Waals surface area contributed by atoms with Gasteiger partial charge in [0.2, 0.25) is 0 Å². The molecule has 0 spiro atoms. The van der Waals surface area contributed by atoms with E-state index in [0.29, 0.717) is 45.4 Å². The molecule has 0 saturated heterocycles. The molecule has 206 valence electrons. The predicted molar refractivity (Wildman–Crippen MR) is 125 cm³/mol. The first-order valence-electron chi connectivity index (χ1n) is 9.41. The zero-order valence-electron chi connectivity index (χ0n) is 18.2. The third-order valence-electron chi connectivity index (χ3n) is 2.88. The molecule has 0 fully saturated rings. The highest BCUT2D eigenvalue weighted by molar-refractivity contribution is 7.53. The van der Waals surface area contributed by atoms with E-state index in [0.717, 1.165) is 0 Å². The average Bonchev–Trinajstić information content (AvgIpc) is 2.63. The van der Waals surface area contributed by atoms with Gasteiger partial charge in [-0.1, -0.05) is 6.42 Å². The standard InChI is InChI=1S/C5H14O6P2.C3H11NO6P2.2C2H8N2/c6-12(7,8)4-2-1-3-5-13(9,10)11;4-3(12(8,9)10)1-2-11(5,6)7;2*3-1-2-4/h1-5H2,(H2,6,7,8)(H2,9,10,11);3H,1-2,4H2,(H2,5,6,7)(H2,8,9,10);2*1-4H2. The maximum absolute atomic E-state index is 10.4. The fourth-order valence-electron chi connectivity index (χ4n) is 1.28. The van der Waals surface area contributed by atoms with Crippen LogP contribution in [-0.2, 0) is 18.3 Å². The molecular formula is C12H41N5O12P4. The Hall–Kier alpha value is 0.400. The van der Waals surface area contributed by atoms with E-state index in [1.807, 2.05) is 0 Å². The Balaban J connectivity index is -0.000000193. The summed E-state index contributed by atoms with van der Waals surface area (Å²) in [6.45, 7) is 2.39. The van der Waals surface area contributed by atoms with Crippen LogP contribution in [-0.4, -0.2) is 89.6 Å². The molecule has 0 bridgehead atoms. The topological polar surface area (TPSA) is 360 Å². The van der Waals surface area contributed by atoms with Crippen molar-refractivity contribution in [2.45, 2.75) is 31.5 Å². The van der Waals surface area contributed by atoms with Crippen LogP contribution in [0.25, 0.3) is 0 Å². The van der Waals surface area contributed by atoms with Crippen LogP contribution in [0.15, 0.2) is 0 Å². The number of hydrogen-bond acceptors (Lipinski definition) is 9. The molecule has 0 aliphatic carbocycles. The maximum atomic E-state index is 10.4. The van der Waals surface area contributed by atoms with Gasteiger partial charge in [-0.15, -0.1) is 0 Å². The fraction of sp³-hybridized carbons (Fsp3) is 1.00. The van der Waals surface area contributed by atoms with E-state index in [2.05, 4.69) is 0 Å². The molecule has 0 saturated carbocycles. The first kappa shape index (κ1) is 40.6. The van der Waals surface area contributed by atoms with Crippen LogP contribution >= 0.6 is 30.4 Å². The van der Waals surface area contributed by atoms with E-state index in [-0.39, 0.29) is 12.3 Å². The third-order valence-corrected chi connectivity index (χ3v) is 6.64. The Morgan fingerprint density at radius 3 is 0.970 bits per heavy atom. The van der Waals surface area contributed by atoms with E-state index in [1.54, 1.807) is 0 Å². The van der Waals surface area contributed by atoms with Gasteiger partial charge in [-0.25, -0.2) is 0 Å². The van der Waals surface area contributed by atoms with Crippen LogP contribution in [0, 0.1) is 0 Å². The van der Waals surface area contributed by atoms with Gasteiger partial charge in [0.25, 0.3) is 0 Å². The molecule has 0 heterocycles. The quantitative estimate of drug-likeness (QED) is 0.0838. The van der Waals surface area contributed by atoms with Crippen molar-refractivity contribution in [3.63, 3.8) is 0 Å². The number of unbranched alkanes of at least 4 members (excludes halogenated alkanes) is 2. The van der Waals surface area contributed by atoms with Crippen LogP contribution in [0.1, 0.15) is 25.7 Å². The summed E-state index contributed by atoms with van der Waals surface area (Å²) in [6.07, 6.45) is -0.416. The molecule has 1 unspecified atom stereocenters. The molecule has 1 atom stereocenters. The summed E-state index contributed by atoms with van der Waals surface area (Å²) in [5.41, 5.74) is 24.6. The second-order valence-corrected chi connectivity index (χ2v) is 13.5. The maximum Gasteiger partial charge on any atom is 0.342 e. The average molecular weight is 571 g/mol. The molecule has 0 amide bonds. The summed E-state index contributed by atoms with van der Waals surface area (Å²) < 4.78 is 41.3. The fourth-order valence-corrected chi connectivity index (χ4v) is 3.84. The van der Waals surface area contributed by atoms with E-state index in [1.165, 1.54) is 0 Å². The largest absolute Gasteiger partial charge is 0.342 e. The normalized spacial score (nSPS) is 12.9. The second kappa shape index (κ2) is 21.7. The van der Waals surface area contributed by atoms with Crippen molar-refractivity contribution in [1.29, 1.82) is 0 Å². The Morgan fingerprint density at radius 1 is 0.515 bits per heavy atom. The van der Waals surface area contributed by atoms with Gasteiger partial charge >= 0.3 is 30.4 Å². The van der Waals surface area contributed by atoms with Gasteiger partial charge in [0, 0.05) is 38.5 Å². The highest BCUT2D eigenvalue weighted by Crippen LogP contribution is 2.43. The lowest BCUT2D eigenvalue weighted by Crippen LogP contribution is -2.21. The summed E-state index contributed by atoms with van der Waals surface area (Å²) in [4.78, 5) is 67.2. The molecular weight excluding hydrogens is 530 g/mol. The van der Waals surface area contributed by atoms with Crippen molar-refractivity contribution in [3.05, 3.63) is 0 Å². The van der Waals surface area contributed by atoms with E-state index < -0.39 is 48.7 Å². The van der Waals surface area contributed by atoms with E-state index in [9.17, 15) is 18.3 Å². The van der Waals surface area contributed by atoms with Crippen molar-refractivity contribution in [2.24, 2.45) is 28.7 Å². The van der Waals surface area contributed by atoms with Crippen LogP contribution in [0.4, 0.5) is 0 Å². The van der Waals surface area contributed by atoms with Crippen LogP contribution in [0.5, 0.6) is 0 Å². The lowest BCUT2D eigenvalue weighted by Gasteiger charge is -2.12. The number of rotatable bonds is 12.